The number of benzene rings is 1. The highest BCUT2D eigenvalue weighted by Crippen LogP contribution is 2.30. The van der Waals surface area contributed by atoms with E-state index >= 15 is 0 Å². The van der Waals surface area contributed by atoms with Gasteiger partial charge in [0.25, 0.3) is 0 Å². The zero-order valence-corrected chi connectivity index (χ0v) is 18.3. The molecule has 8 heteroatoms. The molecule has 1 aliphatic rings. The minimum atomic E-state index is -3.25. The van der Waals surface area contributed by atoms with Gasteiger partial charge in [-0.1, -0.05) is 6.07 Å². The molecule has 2 aromatic rings. The molecule has 1 aromatic heterocycles. The van der Waals surface area contributed by atoms with Crippen molar-refractivity contribution in [1.29, 1.82) is 0 Å². The summed E-state index contributed by atoms with van der Waals surface area (Å²) in [5, 5.41) is 2.05. The number of hydrogen-bond donors (Lipinski definition) is 1. The van der Waals surface area contributed by atoms with Crippen LogP contribution in [0, 0.1) is 0 Å². The van der Waals surface area contributed by atoms with E-state index in [1.807, 2.05) is 25.1 Å². The van der Waals surface area contributed by atoms with Crippen LogP contribution in [0.5, 0.6) is 5.75 Å². The summed E-state index contributed by atoms with van der Waals surface area (Å²) in [4.78, 5) is 5.96. The number of hydrogen-bond acceptors (Lipinski definition) is 6. The Balaban J connectivity index is 1.70. The van der Waals surface area contributed by atoms with E-state index in [1.165, 1.54) is 10.6 Å². The summed E-state index contributed by atoms with van der Waals surface area (Å²) in [6, 6.07) is 12.1. The molecule has 1 N–H and O–H groups in total. The van der Waals surface area contributed by atoms with Crippen LogP contribution in [0.1, 0.15) is 24.8 Å². The van der Waals surface area contributed by atoms with Crippen molar-refractivity contribution < 1.29 is 13.2 Å². The van der Waals surface area contributed by atoms with Gasteiger partial charge >= 0.3 is 0 Å². The Kier molecular flexibility index (Phi) is 6.98. The quantitative estimate of drug-likeness (QED) is 0.707. The van der Waals surface area contributed by atoms with Crippen molar-refractivity contribution in [2.24, 2.45) is 0 Å². The lowest BCUT2D eigenvalue weighted by Gasteiger charge is -2.42. The van der Waals surface area contributed by atoms with Crippen LogP contribution in [0.4, 0.5) is 5.69 Å². The first-order chi connectivity index (χ1) is 13.4. The van der Waals surface area contributed by atoms with E-state index in [9.17, 15) is 8.42 Å². The van der Waals surface area contributed by atoms with Gasteiger partial charge in [0.05, 0.1) is 18.9 Å². The first-order valence-electron chi connectivity index (χ1n) is 9.60. The van der Waals surface area contributed by atoms with E-state index in [0.29, 0.717) is 0 Å². The van der Waals surface area contributed by atoms with Gasteiger partial charge in [0, 0.05) is 42.8 Å². The number of thiophene rings is 1. The molecule has 2 atom stereocenters. The normalized spacial score (nSPS) is 18.0. The van der Waals surface area contributed by atoms with Gasteiger partial charge in [-0.2, -0.15) is 0 Å². The van der Waals surface area contributed by atoms with Crippen LogP contribution in [-0.4, -0.2) is 58.4 Å². The highest BCUT2D eigenvalue weighted by molar-refractivity contribution is 7.89. The summed E-state index contributed by atoms with van der Waals surface area (Å²) >= 11 is 1.68. The molecular formula is C20H29N3O3S2. The fraction of sp³-hybridized carbons (Fsp3) is 0.500. The highest BCUT2D eigenvalue weighted by atomic mass is 32.2. The third kappa shape index (κ3) is 5.05. The predicted molar refractivity (Wildman–Crippen MR) is 116 cm³/mol. The maximum atomic E-state index is 12.1. The molecule has 0 spiro atoms. The van der Waals surface area contributed by atoms with Gasteiger partial charge in [0.1, 0.15) is 5.75 Å². The second-order valence-electron chi connectivity index (χ2n) is 6.99. The maximum Gasteiger partial charge on any atom is 0.211 e. The van der Waals surface area contributed by atoms with E-state index < -0.39 is 10.0 Å². The molecular weight excluding hydrogens is 394 g/mol. The number of sulfonamides is 1. The number of ether oxygens (including phenoxy) is 1. The summed E-state index contributed by atoms with van der Waals surface area (Å²) in [6.07, 6.45) is 0. The lowest BCUT2D eigenvalue weighted by molar-refractivity contribution is 0.164. The molecule has 1 saturated heterocycles. The van der Waals surface area contributed by atoms with Gasteiger partial charge in [-0.15, -0.1) is 11.3 Å². The van der Waals surface area contributed by atoms with E-state index in [4.69, 9.17) is 4.74 Å². The number of nitrogens with one attached hydrogen (secondary N) is 1. The Morgan fingerprint density at radius 2 is 1.82 bits per heavy atom. The molecule has 1 aliphatic heterocycles. The van der Waals surface area contributed by atoms with Crippen LogP contribution in [-0.2, 0) is 10.0 Å². The SMILES string of the molecule is CCS(=O)(=O)N[C@H](C)[C@@H](c1cccs1)N1CCN(c2ccc(OC)cc2)CC1. The van der Waals surface area contributed by atoms with Crippen LogP contribution in [0.2, 0.25) is 0 Å². The van der Waals surface area contributed by atoms with Gasteiger partial charge < -0.3 is 9.64 Å². The highest BCUT2D eigenvalue weighted by Gasteiger charge is 2.31. The molecule has 1 aromatic carbocycles. The number of rotatable bonds is 8. The molecule has 1 fully saturated rings. The molecule has 3 rings (SSSR count). The summed E-state index contributed by atoms with van der Waals surface area (Å²) < 4.78 is 32.3. The second-order valence-corrected chi connectivity index (χ2v) is 10.0. The topological polar surface area (TPSA) is 61.9 Å². The van der Waals surface area contributed by atoms with Gasteiger partial charge in [-0.3, -0.25) is 4.90 Å². The van der Waals surface area contributed by atoms with E-state index in [2.05, 4.69) is 38.1 Å². The van der Waals surface area contributed by atoms with Crippen LogP contribution in [0.3, 0.4) is 0 Å². The van der Waals surface area contributed by atoms with Crippen molar-refractivity contribution in [3.63, 3.8) is 0 Å². The summed E-state index contributed by atoms with van der Waals surface area (Å²) in [5.74, 6) is 0.955. The first kappa shape index (κ1) is 21.1. The molecule has 154 valence electrons. The van der Waals surface area contributed by atoms with Crippen LogP contribution >= 0.6 is 11.3 Å². The fourth-order valence-electron chi connectivity index (χ4n) is 3.68. The molecule has 6 nitrogen and oxygen atoms in total. The first-order valence-corrected chi connectivity index (χ1v) is 12.1. The molecule has 28 heavy (non-hydrogen) atoms. The lowest BCUT2D eigenvalue weighted by atomic mass is 10.1. The Hall–Kier alpha value is -1.61. The predicted octanol–water partition coefficient (Wildman–Crippen LogP) is 2.95. The lowest BCUT2D eigenvalue weighted by Crippen LogP contribution is -2.52. The Morgan fingerprint density at radius 3 is 2.36 bits per heavy atom. The molecule has 0 radical (unpaired) electrons. The standard InChI is InChI=1S/C20H29N3O3S2/c1-4-28(24,25)21-16(2)20(19-6-5-15-27-19)23-13-11-22(12-14-23)17-7-9-18(26-3)10-8-17/h5-10,15-16,20-21H,4,11-14H2,1-3H3/t16-,20+/m1/s1. The zero-order valence-electron chi connectivity index (χ0n) is 16.7. The monoisotopic (exact) mass is 423 g/mol. The van der Waals surface area contributed by atoms with Crippen molar-refractivity contribution >= 4 is 27.0 Å². The number of piperazine rings is 1. The van der Waals surface area contributed by atoms with Crippen molar-refractivity contribution in [3.8, 4) is 5.75 Å². The van der Waals surface area contributed by atoms with E-state index in [-0.39, 0.29) is 17.8 Å². The Bertz CT molecular complexity index is 830. The zero-order chi connectivity index (χ0) is 20.1. The Morgan fingerprint density at radius 1 is 1.14 bits per heavy atom. The minimum absolute atomic E-state index is 0.0411. The second kappa shape index (κ2) is 9.26. The molecule has 0 saturated carbocycles. The summed E-state index contributed by atoms with van der Waals surface area (Å²) in [5.41, 5.74) is 1.19. The van der Waals surface area contributed by atoms with Crippen LogP contribution in [0.25, 0.3) is 0 Å². The Labute approximate surface area is 172 Å². The third-order valence-corrected chi connectivity index (χ3v) is 7.63. The third-order valence-electron chi connectivity index (χ3n) is 5.20. The van der Waals surface area contributed by atoms with Crippen molar-refractivity contribution in [2.75, 3.05) is 43.9 Å². The molecule has 0 aliphatic carbocycles. The molecule has 0 unspecified atom stereocenters. The fourth-order valence-corrected chi connectivity index (χ4v) is 5.51. The van der Waals surface area contributed by atoms with Crippen LogP contribution in [0.15, 0.2) is 41.8 Å². The number of anilines is 1. The number of methoxy groups -OCH3 is 1. The average Bonchev–Trinajstić information content (AvgIpc) is 3.22. The maximum absolute atomic E-state index is 12.1. The average molecular weight is 424 g/mol. The largest absolute Gasteiger partial charge is 0.497 e. The van der Waals surface area contributed by atoms with Gasteiger partial charge in [-0.25, -0.2) is 13.1 Å². The molecule has 0 bridgehead atoms. The summed E-state index contributed by atoms with van der Waals surface area (Å²) in [7, 11) is -1.58. The number of nitrogens with zero attached hydrogens (tertiary/aromatic N) is 2. The van der Waals surface area contributed by atoms with E-state index in [0.717, 1.165) is 31.9 Å². The van der Waals surface area contributed by atoms with E-state index in [1.54, 1.807) is 25.4 Å². The molecule has 2 heterocycles. The van der Waals surface area contributed by atoms with Gasteiger partial charge in [0.15, 0.2) is 0 Å². The van der Waals surface area contributed by atoms with Gasteiger partial charge in [-0.05, 0) is 49.6 Å². The van der Waals surface area contributed by atoms with Crippen molar-refractivity contribution in [2.45, 2.75) is 25.9 Å². The van der Waals surface area contributed by atoms with Crippen LogP contribution < -0.4 is 14.4 Å². The molecule has 0 amide bonds. The van der Waals surface area contributed by atoms with Crippen molar-refractivity contribution in [1.82, 2.24) is 9.62 Å². The summed E-state index contributed by atoms with van der Waals surface area (Å²) in [6.45, 7) is 7.21. The van der Waals surface area contributed by atoms with Gasteiger partial charge in [0.2, 0.25) is 10.0 Å². The smallest absolute Gasteiger partial charge is 0.211 e. The van der Waals surface area contributed by atoms with Crippen molar-refractivity contribution in [3.05, 3.63) is 46.7 Å². The minimum Gasteiger partial charge on any atom is -0.497 e.